The van der Waals surface area contributed by atoms with E-state index in [0.29, 0.717) is 19.4 Å². The van der Waals surface area contributed by atoms with Gasteiger partial charge >= 0.3 is 5.97 Å². The molecule has 0 aliphatic carbocycles. The molecule has 0 aromatic carbocycles. The Morgan fingerprint density at radius 3 is 1.96 bits per heavy atom. The molecule has 0 spiro atoms. The molecule has 1 atom stereocenters. The van der Waals surface area contributed by atoms with E-state index in [0.717, 1.165) is 12.8 Å². The molecule has 0 saturated carbocycles. The molecule has 28 heavy (non-hydrogen) atoms. The van der Waals surface area contributed by atoms with Crippen LogP contribution >= 0.6 is 0 Å². The van der Waals surface area contributed by atoms with Crippen LogP contribution in [0.3, 0.4) is 0 Å². The summed E-state index contributed by atoms with van der Waals surface area (Å²) in [5.74, 6) is -0.351. The molecule has 1 aliphatic rings. The second-order valence-corrected chi connectivity index (χ2v) is 8.12. The lowest BCUT2D eigenvalue weighted by Crippen LogP contribution is -2.34. The number of hydrogen-bond donors (Lipinski definition) is 1. The second kappa shape index (κ2) is 17.8. The van der Waals surface area contributed by atoms with Crippen LogP contribution in [-0.2, 0) is 14.3 Å². The average molecular weight is 394 g/mol. The maximum Gasteiger partial charge on any atom is 0.328 e. The Morgan fingerprint density at radius 1 is 0.893 bits per heavy atom. The van der Waals surface area contributed by atoms with Crippen molar-refractivity contribution in [2.24, 2.45) is 0 Å². The van der Waals surface area contributed by atoms with Crippen molar-refractivity contribution in [3.63, 3.8) is 0 Å². The van der Waals surface area contributed by atoms with Crippen molar-refractivity contribution < 1.29 is 14.3 Å². The molecule has 1 rings (SSSR count). The number of rotatable bonds is 18. The zero-order valence-electron chi connectivity index (χ0n) is 18.2. The number of carbonyl (C=O) groups is 2. The third kappa shape index (κ3) is 13.8. The van der Waals surface area contributed by atoms with Gasteiger partial charge in [-0.25, -0.2) is 4.79 Å². The minimum absolute atomic E-state index is 0.0559. The first kappa shape index (κ1) is 24.7. The highest BCUT2D eigenvalue weighted by atomic mass is 16.5. The topological polar surface area (TPSA) is 55.4 Å². The number of allylic oxidation sites excluding steroid dienone is 1. The zero-order chi connectivity index (χ0) is 20.3. The van der Waals surface area contributed by atoms with Crippen molar-refractivity contribution in [1.82, 2.24) is 5.32 Å². The maximum absolute atomic E-state index is 11.7. The van der Waals surface area contributed by atoms with Crippen LogP contribution in [0.1, 0.15) is 116 Å². The monoisotopic (exact) mass is 393 g/mol. The number of unbranched alkanes of at least 4 members (excludes halogenated alkanes) is 13. The normalized spacial score (nSPS) is 16.6. The van der Waals surface area contributed by atoms with Gasteiger partial charge in [0.1, 0.15) is 6.04 Å². The molecule has 4 nitrogen and oxygen atoms in total. The summed E-state index contributed by atoms with van der Waals surface area (Å²) in [6.45, 7) is 2.68. The van der Waals surface area contributed by atoms with E-state index in [1.807, 2.05) is 0 Å². The van der Waals surface area contributed by atoms with E-state index >= 15 is 0 Å². The van der Waals surface area contributed by atoms with E-state index in [1.54, 1.807) is 0 Å². The van der Waals surface area contributed by atoms with Crippen molar-refractivity contribution in [2.75, 3.05) is 6.61 Å². The molecule has 1 fully saturated rings. The Bertz CT molecular complexity index is 434. The fraction of sp³-hybridized carbons (Fsp3) is 0.833. The summed E-state index contributed by atoms with van der Waals surface area (Å²) in [5, 5.41) is 2.63. The van der Waals surface area contributed by atoms with Crippen molar-refractivity contribution >= 4 is 11.9 Å². The lowest BCUT2D eigenvalue weighted by molar-refractivity contribution is -0.146. The Balaban J connectivity index is 1.76. The quantitative estimate of drug-likeness (QED) is 0.170. The lowest BCUT2D eigenvalue weighted by Gasteiger charge is -2.08. The summed E-state index contributed by atoms with van der Waals surface area (Å²) in [7, 11) is 0. The van der Waals surface area contributed by atoms with Crippen LogP contribution in [0.15, 0.2) is 12.2 Å². The van der Waals surface area contributed by atoms with Crippen molar-refractivity contribution in [3.05, 3.63) is 12.2 Å². The summed E-state index contributed by atoms with van der Waals surface area (Å²) in [4.78, 5) is 22.8. The van der Waals surface area contributed by atoms with Gasteiger partial charge in [-0.15, -0.1) is 0 Å². The van der Waals surface area contributed by atoms with Crippen LogP contribution in [0.5, 0.6) is 0 Å². The van der Waals surface area contributed by atoms with Crippen LogP contribution in [-0.4, -0.2) is 24.5 Å². The van der Waals surface area contributed by atoms with Gasteiger partial charge in [0.25, 0.3) is 0 Å². The van der Waals surface area contributed by atoms with Crippen LogP contribution in [0.2, 0.25) is 0 Å². The van der Waals surface area contributed by atoms with Gasteiger partial charge in [-0.1, -0.05) is 96.1 Å². The van der Waals surface area contributed by atoms with Gasteiger partial charge in [0.2, 0.25) is 5.91 Å². The molecular weight excluding hydrogens is 350 g/mol. The molecule has 0 radical (unpaired) electrons. The highest BCUT2D eigenvalue weighted by Crippen LogP contribution is 2.13. The molecule has 1 heterocycles. The number of carbonyl (C=O) groups excluding carboxylic acids is 2. The van der Waals surface area contributed by atoms with E-state index in [2.05, 4.69) is 24.4 Å². The first-order valence-corrected chi connectivity index (χ1v) is 11.8. The zero-order valence-corrected chi connectivity index (χ0v) is 18.2. The van der Waals surface area contributed by atoms with E-state index in [9.17, 15) is 9.59 Å². The summed E-state index contributed by atoms with van der Waals surface area (Å²) >= 11 is 0. The van der Waals surface area contributed by atoms with E-state index in [1.165, 1.54) is 83.5 Å². The molecule has 0 aromatic rings. The predicted octanol–water partition coefficient (Wildman–Crippen LogP) is 6.24. The van der Waals surface area contributed by atoms with Crippen LogP contribution in [0.25, 0.3) is 0 Å². The number of nitrogens with one attached hydrogen (secondary N) is 1. The second-order valence-electron chi connectivity index (χ2n) is 8.12. The number of amides is 1. The molecule has 4 heteroatoms. The van der Waals surface area contributed by atoms with E-state index < -0.39 is 6.04 Å². The van der Waals surface area contributed by atoms with Crippen LogP contribution in [0, 0.1) is 0 Å². The SMILES string of the molecule is CCCCCCCCCCCCCCC/C=C/CCOC(=O)[C@@H]1CCC(=O)N1. The third-order valence-corrected chi connectivity index (χ3v) is 5.45. The minimum Gasteiger partial charge on any atom is -0.464 e. The standard InChI is InChI=1S/C24H43NO3/c1-2-3-4-5-6-7-8-9-10-11-12-13-14-15-16-17-18-21-28-24(27)22-19-20-23(26)25-22/h16-17,22H,2-15,18-21H2,1H3,(H,25,26)/b17-16+/t22-/m0/s1. The van der Waals surface area contributed by atoms with E-state index in [-0.39, 0.29) is 11.9 Å². The fourth-order valence-electron chi connectivity index (χ4n) is 3.63. The van der Waals surface area contributed by atoms with Gasteiger partial charge in [0.05, 0.1) is 6.61 Å². The highest BCUT2D eigenvalue weighted by Gasteiger charge is 2.28. The molecular formula is C24H43NO3. The number of ether oxygens (including phenoxy) is 1. The van der Waals surface area contributed by atoms with Gasteiger partial charge in [-0.3, -0.25) is 4.79 Å². The largest absolute Gasteiger partial charge is 0.464 e. The molecule has 0 unspecified atom stereocenters. The summed E-state index contributed by atoms with van der Waals surface area (Å²) in [6, 6.07) is -0.428. The Labute approximate surface area is 172 Å². The average Bonchev–Trinajstić information content (AvgIpc) is 3.13. The Hall–Kier alpha value is -1.32. The van der Waals surface area contributed by atoms with Gasteiger partial charge in [0.15, 0.2) is 0 Å². The third-order valence-electron chi connectivity index (χ3n) is 5.45. The van der Waals surface area contributed by atoms with Crippen LogP contribution in [0.4, 0.5) is 0 Å². The Morgan fingerprint density at radius 2 is 1.43 bits per heavy atom. The molecule has 1 saturated heterocycles. The van der Waals surface area contributed by atoms with Gasteiger partial charge < -0.3 is 10.1 Å². The maximum atomic E-state index is 11.7. The highest BCUT2D eigenvalue weighted by molar-refractivity contribution is 5.87. The molecule has 0 aromatic heterocycles. The fourth-order valence-corrected chi connectivity index (χ4v) is 3.63. The molecule has 1 N–H and O–H groups in total. The first-order valence-electron chi connectivity index (χ1n) is 11.8. The lowest BCUT2D eigenvalue weighted by atomic mass is 10.0. The van der Waals surface area contributed by atoms with Gasteiger partial charge in [-0.2, -0.15) is 0 Å². The van der Waals surface area contributed by atoms with Crippen molar-refractivity contribution in [2.45, 2.75) is 122 Å². The summed E-state index contributed by atoms with van der Waals surface area (Å²) in [5.41, 5.74) is 0. The first-order chi connectivity index (χ1) is 13.7. The van der Waals surface area contributed by atoms with Gasteiger partial charge in [-0.05, 0) is 25.7 Å². The number of esters is 1. The summed E-state index contributed by atoms with van der Waals surface area (Å²) in [6.07, 6.45) is 25.2. The minimum atomic E-state index is -0.428. The molecule has 1 amide bonds. The smallest absolute Gasteiger partial charge is 0.328 e. The Kier molecular flexibility index (Phi) is 15.7. The molecule has 0 bridgehead atoms. The van der Waals surface area contributed by atoms with Crippen molar-refractivity contribution in [3.8, 4) is 0 Å². The summed E-state index contributed by atoms with van der Waals surface area (Å²) < 4.78 is 5.19. The van der Waals surface area contributed by atoms with Crippen LogP contribution < -0.4 is 5.32 Å². The predicted molar refractivity (Wildman–Crippen MR) is 116 cm³/mol. The number of hydrogen-bond acceptors (Lipinski definition) is 3. The van der Waals surface area contributed by atoms with Crippen molar-refractivity contribution in [1.29, 1.82) is 0 Å². The molecule has 162 valence electrons. The van der Waals surface area contributed by atoms with Gasteiger partial charge in [0, 0.05) is 6.42 Å². The molecule has 1 aliphatic heterocycles. The van der Waals surface area contributed by atoms with E-state index in [4.69, 9.17) is 4.74 Å².